The Morgan fingerprint density at radius 3 is 2.11 bits per heavy atom. The lowest BCUT2D eigenvalue weighted by molar-refractivity contribution is -0.120. The second-order valence-electron chi connectivity index (χ2n) is 10.9. The number of aromatic nitrogens is 4. The number of carbonyl (C=O) groups excluding carboxylic acids is 3. The molecule has 1 aliphatic carbocycles. The Kier molecular flexibility index (Phi) is 7.33. The fraction of sp³-hybridized carbons (Fsp3) is 0.600. The highest BCUT2D eigenvalue weighted by Gasteiger charge is 2.31. The smallest absolute Gasteiger partial charge is 0.435 e. The summed E-state index contributed by atoms with van der Waals surface area (Å²) in [6.45, 7) is 14.1. The molecule has 0 spiro atoms. The zero-order valence-electron chi connectivity index (χ0n) is 21.8. The summed E-state index contributed by atoms with van der Waals surface area (Å²) in [7, 11) is 0. The van der Waals surface area contributed by atoms with Gasteiger partial charge in [0.2, 0.25) is 0 Å². The number of hydrogen-bond donors (Lipinski definition) is 0. The van der Waals surface area contributed by atoms with Gasteiger partial charge in [0.15, 0.2) is 5.82 Å². The quantitative estimate of drug-likeness (QED) is 0.569. The highest BCUT2D eigenvalue weighted by Crippen LogP contribution is 2.32. The molecule has 0 aromatic carbocycles. The largest absolute Gasteiger partial charge is 0.443 e. The Bertz CT molecular complexity index is 1120. The van der Waals surface area contributed by atoms with Gasteiger partial charge < -0.3 is 9.47 Å². The lowest BCUT2D eigenvalue weighted by Gasteiger charge is -2.26. The predicted molar refractivity (Wildman–Crippen MR) is 130 cm³/mol. The van der Waals surface area contributed by atoms with Crippen molar-refractivity contribution in [2.24, 2.45) is 0 Å². The van der Waals surface area contributed by atoms with Gasteiger partial charge in [0.1, 0.15) is 28.6 Å². The van der Waals surface area contributed by atoms with E-state index < -0.39 is 23.4 Å². The van der Waals surface area contributed by atoms with Crippen molar-refractivity contribution in [1.82, 2.24) is 19.7 Å². The summed E-state index contributed by atoms with van der Waals surface area (Å²) in [5.41, 5.74) is -0.328. The summed E-state index contributed by atoms with van der Waals surface area (Å²) >= 11 is 0. The number of amides is 1. The Labute approximate surface area is 206 Å². The first-order valence-corrected chi connectivity index (χ1v) is 11.8. The van der Waals surface area contributed by atoms with Crippen LogP contribution in [-0.4, -0.2) is 48.9 Å². The molecular formula is C25H35N5O5. The van der Waals surface area contributed by atoms with Gasteiger partial charge in [-0.05, 0) is 68.2 Å². The zero-order valence-corrected chi connectivity index (χ0v) is 21.8. The average Bonchev–Trinajstić information content (AvgIpc) is 3.06. The average molecular weight is 486 g/mol. The maximum atomic E-state index is 13.4. The fourth-order valence-electron chi connectivity index (χ4n) is 3.74. The highest BCUT2D eigenvalue weighted by atomic mass is 16.6. The van der Waals surface area contributed by atoms with Gasteiger partial charge in [0, 0.05) is 36.6 Å². The van der Waals surface area contributed by atoms with E-state index in [-0.39, 0.29) is 23.3 Å². The number of carbonyl (C=O) groups is 3. The summed E-state index contributed by atoms with van der Waals surface area (Å²) in [5.74, 6) is 1.29. The molecular weight excluding hydrogens is 450 g/mol. The molecule has 0 saturated heterocycles. The van der Waals surface area contributed by atoms with E-state index in [1.165, 1.54) is 4.90 Å². The number of rotatable bonds is 3. The van der Waals surface area contributed by atoms with Crippen LogP contribution in [0, 0.1) is 13.8 Å². The lowest BCUT2D eigenvalue weighted by Crippen LogP contribution is -2.35. The van der Waals surface area contributed by atoms with Crippen molar-refractivity contribution in [1.29, 1.82) is 0 Å². The van der Waals surface area contributed by atoms with Crippen molar-refractivity contribution < 1.29 is 23.9 Å². The minimum absolute atomic E-state index is 0.0212. The van der Waals surface area contributed by atoms with Gasteiger partial charge in [0.05, 0.1) is 5.69 Å². The van der Waals surface area contributed by atoms with Crippen LogP contribution in [0.3, 0.4) is 0 Å². The molecule has 1 fully saturated rings. The summed E-state index contributed by atoms with van der Waals surface area (Å²) < 4.78 is 12.2. The molecule has 35 heavy (non-hydrogen) atoms. The normalized spacial score (nSPS) is 15.1. The molecule has 2 heterocycles. The van der Waals surface area contributed by atoms with Crippen LogP contribution >= 0.6 is 0 Å². The van der Waals surface area contributed by atoms with Crippen LogP contribution < -0.4 is 4.90 Å². The molecule has 10 nitrogen and oxygen atoms in total. The van der Waals surface area contributed by atoms with Crippen molar-refractivity contribution in [3.05, 3.63) is 29.3 Å². The van der Waals surface area contributed by atoms with Crippen molar-refractivity contribution >= 4 is 29.6 Å². The van der Waals surface area contributed by atoms with Crippen LogP contribution in [0.5, 0.6) is 0 Å². The van der Waals surface area contributed by atoms with Gasteiger partial charge in [0.25, 0.3) is 0 Å². The van der Waals surface area contributed by atoms with Crippen LogP contribution in [0.4, 0.5) is 21.2 Å². The van der Waals surface area contributed by atoms with E-state index in [0.717, 1.165) is 4.68 Å². The summed E-state index contributed by atoms with van der Waals surface area (Å²) in [5, 5.41) is 4.37. The third kappa shape index (κ3) is 6.86. The first-order chi connectivity index (χ1) is 16.1. The SMILES string of the molecule is Cc1cc(N(C(=O)OC(C)(C)C)c2cc(C)n(C(=O)OC(C)(C)C)n2)nc(C2CCC(=O)CC2)n1. The van der Waals surface area contributed by atoms with Gasteiger partial charge >= 0.3 is 12.2 Å². The number of Topliss-reactive ketones (excluding diaryl/α,β-unsaturated/α-hetero) is 1. The summed E-state index contributed by atoms with van der Waals surface area (Å²) in [6.07, 6.45) is 0.978. The molecule has 1 saturated carbocycles. The van der Waals surface area contributed by atoms with Gasteiger partial charge in [-0.3, -0.25) is 4.79 Å². The van der Waals surface area contributed by atoms with Crippen LogP contribution in [0.15, 0.2) is 12.1 Å². The number of anilines is 2. The van der Waals surface area contributed by atoms with E-state index in [2.05, 4.69) is 10.1 Å². The molecule has 0 radical (unpaired) electrons. The number of ether oxygens (including phenoxy) is 2. The first-order valence-electron chi connectivity index (χ1n) is 11.8. The lowest BCUT2D eigenvalue weighted by atomic mass is 9.88. The molecule has 3 rings (SSSR count). The van der Waals surface area contributed by atoms with Gasteiger partial charge in [-0.15, -0.1) is 5.10 Å². The highest BCUT2D eigenvalue weighted by molar-refractivity contribution is 5.94. The predicted octanol–water partition coefficient (Wildman–Crippen LogP) is 5.37. The molecule has 0 unspecified atom stereocenters. The zero-order chi connectivity index (χ0) is 26.1. The minimum atomic E-state index is -0.771. The Hall–Kier alpha value is -3.30. The van der Waals surface area contributed by atoms with E-state index in [1.807, 2.05) is 6.92 Å². The number of nitrogens with zero attached hydrogens (tertiary/aromatic N) is 5. The maximum Gasteiger partial charge on any atom is 0.435 e. The Balaban J connectivity index is 2.05. The van der Waals surface area contributed by atoms with Crippen LogP contribution in [-0.2, 0) is 14.3 Å². The van der Waals surface area contributed by atoms with E-state index in [4.69, 9.17) is 14.5 Å². The summed E-state index contributed by atoms with van der Waals surface area (Å²) in [4.78, 5) is 48.3. The fourth-order valence-corrected chi connectivity index (χ4v) is 3.74. The Morgan fingerprint density at radius 2 is 1.54 bits per heavy atom. The maximum absolute atomic E-state index is 13.4. The van der Waals surface area contributed by atoms with Crippen LogP contribution in [0.2, 0.25) is 0 Å². The first kappa shape index (κ1) is 26.3. The number of hydrogen-bond acceptors (Lipinski definition) is 8. The molecule has 0 bridgehead atoms. The topological polar surface area (TPSA) is 117 Å². The van der Waals surface area contributed by atoms with Crippen molar-refractivity contribution in [2.75, 3.05) is 4.90 Å². The number of ketones is 1. The van der Waals surface area contributed by atoms with E-state index in [1.54, 1.807) is 60.6 Å². The third-order valence-corrected chi connectivity index (χ3v) is 5.24. The minimum Gasteiger partial charge on any atom is -0.443 e. The van der Waals surface area contributed by atoms with Crippen molar-refractivity contribution in [3.63, 3.8) is 0 Å². The number of aryl methyl sites for hydroxylation is 2. The third-order valence-electron chi connectivity index (χ3n) is 5.24. The summed E-state index contributed by atoms with van der Waals surface area (Å²) in [6, 6.07) is 3.27. The molecule has 190 valence electrons. The molecule has 0 atom stereocenters. The monoisotopic (exact) mass is 485 g/mol. The molecule has 0 aliphatic heterocycles. The second kappa shape index (κ2) is 9.75. The molecule has 1 amide bonds. The molecule has 2 aromatic heterocycles. The van der Waals surface area contributed by atoms with E-state index in [9.17, 15) is 14.4 Å². The molecule has 10 heteroatoms. The van der Waals surface area contributed by atoms with Gasteiger partial charge in [-0.25, -0.2) is 24.5 Å². The van der Waals surface area contributed by atoms with Gasteiger partial charge in [-0.1, -0.05) is 0 Å². The van der Waals surface area contributed by atoms with Crippen molar-refractivity contribution in [2.45, 2.75) is 98.2 Å². The van der Waals surface area contributed by atoms with Crippen molar-refractivity contribution in [3.8, 4) is 0 Å². The van der Waals surface area contributed by atoms with E-state index in [0.29, 0.717) is 42.9 Å². The van der Waals surface area contributed by atoms with E-state index >= 15 is 0 Å². The second-order valence-corrected chi connectivity index (χ2v) is 10.9. The standard InChI is InChI=1S/C25H35N5O5/c1-15-13-19(27-21(26-15)17-9-11-18(31)12-10-17)29(22(32)34-24(3,4)5)20-14-16(2)30(28-20)23(33)35-25(6,7)8/h13-14,17H,9-12H2,1-8H3. The Morgan fingerprint density at radius 1 is 0.943 bits per heavy atom. The molecule has 2 aromatic rings. The molecule has 1 aliphatic rings. The van der Waals surface area contributed by atoms with Gasteiger partial charge in [-0.2, -0.15) is 4.68 Å². The van der Waals surface area contributed by atoms with Crippen LogP contribution in [0.25, 0.3) is 0 Å². The molecule has 0 N–H and O–H groups in total. The van der Waals surface area contributed by atoms with Crippen LogP contribution in [0.1, 0.15) is 90.4 Å².